The molecule has 7 nitrogen and oxygen atoms in total. The van der Waals surface area contributed by atoms with E-state index in [0.717, 1.165) is 10.9 Å². The van der Waals surface area contributed by atoms with Gasteiger partial charge in [-0.2, -0.15) is 0 Å². The number of amides is 2. The molecule has 0 aliphatic heterocycles. The fourth-order valence-corrected chi connectivity index (χ4v) is 3.61. The maximum Gasteiger partial charge on any atom is 0.339 e. The molecule has 3 aromatic rings. The summed E-state index contributed by atoms with van der Waals surface area (Å²) in [6, 6.07) is 10.4. The number of anilines is 1. The van der Waals surface area contributed by atoms with Gasteiger partial charge in [-0.15, -0.1) is 0 Å². The van der Waals surface area contributed by atoms with Gasteiger partial charge in [-0.25, -0.2) is 9.18 Å². The molecule has 1 heterocycles. The van der Waals surface area contributed by atoms with Crippen molar-refractivity contribution in [2.75, 3.05) is 19.0 Å². The van der Waals surface area contributed by atoms with Crippen molar-refractivity contribution < 1.29 is 23.1 Å². The number of hydrogen-bond donors (Lipinski definition) is 1. The van der Waals surface area contributed by atoms with Crippen LogP contribution in [0.4, 0.5) is 10.1 Å². The van der Waals surface area contributed by atoms with Gasteiger partial charge in [0.15, 0.2) is 0 Å². The fraction of sp³-hybridized carbons (Fsp3) is 0.320. The lowest BCUT2D eigenvalue weighted by Crippen LogP contribution is -2.42. The maximum absolute atomic E-state index is 13.0. The molecule has 0 fully saturated rings. The Labute approximate surface area is 191 Å². The van der Waals surface area contributed by atoms with Crippen molar-refractivity contribution in [3.63, 3.8) is 0 Å². The summed E-state index contributed by atoms with van der Waals surface area (Å²) in [5.74, 6) is -0.467. The van der Waals surface area contributed by atoms with Gasteiger partial charge < -0.3 is 19.4 Å². The van der Waals surface area contributed by atoms with Crippen LogP contribution in [0.3, 0.4) is 0 Å². The van der Waals surface area contributed by atoms with Crippen molar-refractivity contribution in [3.05, 3.63) is 69.8 Å². The topological polar surface area (TPSA) is 88.9 Å². The Balaban J connectivity index is 1.70. The van der Waals surface area contributed by atoms with Gasteiger partial charge >= 0.3 is 5.63 Å². The molecule has 0 unspecified atom stereocenters. The summed E-state index contributed by atoms with van der Waals surface area (Å²) >= 11 is 0. The summed E-state index contributed by atoms with van der Waals surface area (Å²) < 4.78 is 23.7. The van der Waals surface area contributed by atoms with E-state index in [2.05, 4.69) is 5.32 Å². The van der Waals surface area contributed by atoms with Crippen molar-refractivity contribution in [1.29, 1.82) is 0 Å². The Morgan fingerprint density at radius 1 is 1.15 bits per heavy atom. The highest BCUT2D eigenvalue weighted by Gasteiger charge is 2.21. The van der Waals surface area contributed by atoms with Crippen LogP contribution in [0.1, 0.15) is 31.4 Å². The average molecular weight is 454 g/mol. The van der Waals surface area contributed by atoms with Crippen LogP contribution in [0.15, 0.2) is 51.7 Å². The van der Waals surface area contributed by atoms with E-state index in [4.69, 9.17) is 9.15 Å². The lowest BCUT2D eigenvalue weighted by Gasteiger charge is -2.26. The smallest absolute Gasteiger partial charge is 0.339 e. The van der Waals surface area contributed by atoms with Gasteiger partial charge in [0.25, 0.3) is 0 Å². The zero-order valence-corrected chi connectivity index (χ0v) is 19.1. The number of hydrogen-bond acceptors (Lipinski definition) is 5. The number of nitrogens with zero attached hydrogens (tertiary/aromatic N) is 1. The third-order valence-electron chi connectivity index (χ3n) is 5.47. The Morgan fingerprint density at radius 2 is 1.85 bits per heavy atom. The van der Waals surface area contributed by atoms with Gasteiger partial charge in [0, 0.05) is 35.2 Å². The van der Waals surface area contributed by atoms with Gasteiger partial charge in [0.05, 0.1) is 7.11 Å². The lowest BCUT2D eigenvalue weighted by molar-refractivity contribution is -0.136. The standard InChI is InChI=1S/C25H27FN2O5/c1-15(2)28(14-23(29)27-18-7-5-17(26)6-8-18)24(30)12-11-21-16(3)20-10-9-19(32-4)13-22(20)33-25(21)31/h5-10,13,15H,11-12,14H2,1-4H3,(H,27,29). The zero-order valence-electron chi connectivity index (χ0n) is 19.1. The van der Waals surface area contributed by atoms with E-state index in [1.165, 1.54) is 36.3 Å². The van der Waals surface area contributed by atoms with E-state index >= 15 is 0 Å². The molecular formula is C25H27FN2O5. The highest BCUT2D eigenvalue weighted by atomic mass is 19.1. The van der Waals surface area contributed by atoms with Crippen LogP contribution in [0.5, 0.6) is 5.75 Å². The average Bonchev–Trinajstić information content (AvgIpc) is 2.78. The molecule has 0 saturated carbocycles. The lowest BCUT2D eigenvalue weighted by atomic mass is 10.0. The molecule has 0 aliphatic carbocycles. The van der Waals surface area contributed by atoms with Crippen LogP contribution >= 0.6 is 0 Å². The number of carbonyl (C=O) groups is 2. The van der Waals surface area contributed by atoms with Gasteiger partial charge in [0.1, 0.15) is 23.7 Å². The van der Waals surface area contributed by atoms with Crippen molar-refractivity contribution >= 4 is 28.5 Å². The summed E-state index contributed by atoms with van der Waals surface area (Å²) in [5, 5.41) is 3.43. The Hall–Kier alpha value is -3.68. The first-order chi connectivity index (χ1) is 15.7. The number of ether oxygens (including phenoxy) is 1. The third-order valence-corrected chi connectivity index (χ3v) is 5.47. The van der Waals surface area contributed by atoms with Crippen LogP contribution in [0, 0.1) is 12.7 Å². The largest absolute Gasteiger partial charge is 0.497 e. The Bertz CT molecular complexity index is 1220. The Kier molecular flexibility index (Phi) is 7.48. The number of nitrogens with one attached hydrogen (secondary N) is 1. The van der Waals surface area contributed by atoms with E-state index in [1.807, 2.05) is 26.8 Å². The second kappa shape index (κ2) is 10.3. The van der Waals surface area contributed by atoms with E-state index in [-0.39, 0.29) is 37.2 Å². The van der Waals surface area contributed by atoms with E-state index < -0.39 is 11.4 Å². The number of aryl methyl sites for hydroxylation is 1. The van der Waals surface area contributed by atoms with Crippen molar-refractivity contribution in [1.82, 2.24) is 4.90 Å². The first-order valence-corrected chi connectivity index (χ1v) is 10.6. The number of benzene rings is 2. The van der Waals surface area contributed by atoms with E-state index in [9.17, 15) is 18.8 Å². The van der Waals surface area contributed by atoms with Crippen molar-refractivity contribution in [2.24, 2.45) is 0 Å². The Morgan fingerprint density at radius 3 is 2.48 bits per heavy atom. The summed E-state index contributed by atoms with van der Waals surface area (Å²) in [6.45, 7) is 5.29. The van der Waals surface area contributed by atoms with Gasteiger partial charge in [-0.05, 0) is 69.2 Å². The van der Waals surface area contributed by atoms with Crippen LogP contribution in [0.25, 0.3) is 11.0 Å². The molecule has 8 heteroatoms. The molecule has 3 rings (SSSR count). The van der Waals surface area contributed by atoms with Crippen LogP contribution in [0.2, 0.25) is 0 Å². The van der Waals surface area contributed by atoms with Crippen LogP contribution in [-0.2, 0) is 16.0 Å². The SMILES string of the molecule is COc1ccc2c(C)c(CCC(=O)N(CC(=O)Nc3ccc(F)cc3)C(C)C)c(=O)oc2c1. The normalized spacial score (nSPS) is 11.0. The first kappa shape index (κ1) is 24.0. The number of methoxy groups -OCH3 is 1. The minimum absolute atomic E-state index is 0.0509. The molecular weight excluding hydrogens is 427 g/mol. The van der Waals surface area contributed by atoms with Crippen LogP contribution in [-0.4, -0.2) is 36.4 Å². The quantitative estimate of drug-likeness (QED) is 0.519. The summed E-state index contributed by atoms with van der Waals surface area (Å²) in [6.07, 6.45) is 0.243. The predicted molar refractivity (Wildman–Crippen MR) is 124 cm³/mol. The zero-order chi connectivity index (χ0) is 24.1. The molecule has 0 aliphatic rings. The molecule has 1 N–H and O–H groups in total. The van der Waals surface area contributed by atoms with Crippen LogP contribution < -0.4 is 15.7 Å². The minimum atomic E-state index is -0.494. The molecule has 0 bridgehead atoms. The number of carbonyl (C=O) groups excluding carboxylic acids is 2. The molecule has 0 radical (unpaired) electrons. The molecule has 33 heavy (non-hydrogen) atoms. The summed E-state index contributed by atoms with van der Waals surface area (Å²) in [5.41, 5.74) is 1.56. The molecule has 174 valence electrons. The number of fused-ring (bicyclic) bond motifs is 1. The van der Waals surface area contributed by atoms with Gasteiger partial charge in [0.2, 0.25) is 11.8 Å². The molecule has 0 spiro atoms. The summed E-state index contributed by atoms with van der Waals surface area (Å²) in [7, 11) is 1.53. The molecule has 0 atom stereocenters. The third kappa shape index (κ3) is 5.77. The predicted octanol–water partition coefficient (Wildman–Crippen LogP) is 4.06. The minimum Gasteiger partial charge on any atom is -0.497 e. The molecule has 0 saturated heterocycles. The van der Waals surface area contributed by atoms with Crippen molar-refractivity contribution in [2.45, 2.75) is 39.7 Å². The summed E-state index contributed by atoms with van der Waals surface area (Å²) in [4.78, 5) is 39.3. The van der Waals surface area contributed by atoms with E-state index in [1.54, 1.807) is 12.1 Å². The first-order valence-electron chi connectivity index (χ1n) is 10.6. The van der Waals surface area contributed by atoms with E-state index in [0.29, 0.717) is 22.6 Å². The fourth-order valence-electron chi connectivity index (χ4n) is 3.61. The number of halogens is 1. The molecule has 2 aromatic carbocycles. The molecule has 1 aromatic heterocycles. The van der Waals surface area contributed by atoms with Crippen molar-refractivity contribution in [3.8, 4) is 5.75 Å². The second-order valence-corrected chi connectivity index (χ2v) is 8.03. The highest BCUT2D eigenvalue weighted by Crippen LogP contribution is 2.24. The second-order valence-electron chi connectivity index (χ2n) is 8.03. The maximum atomic E-state index is 13.0. The highest BCUT2D eigenvalue weighted by molar-refractivity contribution is 5.94. The monoisotopic (exact) mass is 454 g/mol. The van der Waals surface area contributed by atoms with Gasteiger partial charge in [-0.1, -0.05) is 0 Å². The molecule has 2 amide bonds. The van der Waals surface area contributed by atoms with Gasteiger partial charge in [-0.3, -0.25) is 9.59 Å². The number of rotatable bonds is 8.